The predicted octanol–water partition coefficient (Wildman–Crippen LogP) is 3.29. The fraction of sp³-hybridized carbons (Fsp3) is 0.450. The Morgan fingerprint density at radius 3 is 2.61 bits per heavy atom. The highest BCUT2D eigenvalue weighted by Crippen LogP contribution is 2.38. The van der Waals surface area contributed by atoms with Crippen LogP contribution in [-0.2, 0) is 17.8 Å². The second-order valence-corrected chi connectivity index (χ2v) is 7.30. The first-order valence-corrected chi connectivity index (χ1v) is 9.54. The molecule has 1 aliphatic carbocycles. The number of amides is 1. The molecule has 1 aromatic carbocycles. The highest BCUT2D eigenvalue weighted by Gasteiger charge is 2.29. The van der Waals surface area contributed by atoms with Crippen LogP contribution in [-0.4, -0.2) is 38.1 Å². The highest BCUT2D eigenvalue weighted by molar-refractivity contribution is 5.75. The van der Waals surface area contributed by atoms with E-state index >= 15 is 0 Å². The first-order chi connectivity index (χ1) is 13.6. The second-order valence-electron chi connectivity index (χ2n) is 7.30. The standard InChI is InChI=1S/C20H23N5O3/c1-13-6-8-14(9-7-13)19-21-16(27-23-19)4-3-5-18(26)25(2)12-17-22-20(24-28-17)15-10-11-15/h6-9,15H,3-5,10-12H2,1-2H3. The van der Waals surface area contributed by atoms with E-state index in [4.69, 9.17) is 9.05 Å². The molecule has 3 aromatic rings. The van der Waals surface area contributed by atoms with Crippen molar-refractivity contribution in [1.82, 2.24) is 25.2 Å². The number of carbonyl (C=O) groups is 1. The minimum Gasteiger partial charge on any atom is -0.339 e. The van der Waals surface area contributed by atoms with E-state index in [9.17, 15) is 4.79 Å². The molecule has 1 aliphatic rings. The Balaban J connectivity index is 1.24. The molecular weight excluding hydrogens is 358 g/mol. The van der Waals surface area contributed by atoms with Gasteiger partial charge >= 0.3 is 0 Å². The number of rotatable bonds is 8. The van der Waals surface area contributed by atoms with E-state index in [0.717, 1.165) is 24.2 Å². The Morgan fingerprint density at radius 1 is 1.11 bits per heavy atom. The Kier molecular flexibility index (Phi) is 5.18. The lowest BCUT2D eigenvalue weighted by Gasteiger charge is -2.14. The average molecular weight is 381 g/mol. The number of aromatic nitrogens is 4. The van der Waals surface area contributed by atoms with Crippen molar-refractivity contribution in [3.8, 4) is 11.4 Å². The summed E-state index contributed by atoms with van der Waals surface area (Å²) in [5.74, 6) is 2.81. The molecule has 2 heterocycles. The van der Waals surface area contributed by atoms with Gasteiger partial charge < -0.3 is 13.9 Å². The molecule has 0 bridgehead atoms. The van der Waals surface area contributed by atoms with Crippen LogP contribution in [0, 0.1) is 6.92 Å². The summed E-state index contributed by atoms with van der Waals surface area (Å²) in [6.45, 7) is 2.36. The van der Waals surface area contributed by atoms with Crippen LogP contribution < -0.4 is 0 Å². The molecule has 0 aliphatic heterocycles. The van der Waals surface area contributed by atoms with Gasteiger partial charge in [-0.25, -0.2) is 0 Å². The SMILES string of the molecule is Cc1ccc(-c2noc(CCCC(=O)N(C)Cc3nc(C4CC4)no3)n2)cc1. The van der Waals surface area contributed by atoms with Crippen molar-refractivity contribution >= 4 is 5.91 Å². The maximum atomic E-state index is 12.3. The van der Waals surface area contributed by atoms with Gasteiger partial charge in [0.2, 0.25) is 23.5 Å². The first-order valence-electron chi connectivity index (χ1n) is 9.54. The highest BCUT2D eigenvalue weighted by atomic mass is 16.5. The minimum atomic E-state index is 0.0180. The largest absolute Gasteiger partial charge is 0.339 e. The van der Waals surface area contributed by atoms with Crippen LogP contribution in [0.3, 0.4) is 0 Å². The van der Waals surface area contributed by atoms with E-state index in [1.54, 1.807) is 11.9 Å². The van der Waals surface area contributed by atoms with Gasteiger partial charge in [-0.3, -0.25) is 4.79 Å². The van der Waals surface area contributed by atoms with Crippen molar-refractivity contribution in [1.29, 1.82) is 0 Å². The monoisotopic (exact) mass is 381 g/mol. The van der Waals surface area contributed by atoms with Gasteiger partial charge in [-0.15, -0.1) is 0 Å². The summed E-state index contributed by atoms with van der Waals surface area (Å²) in [7, 11) is 1.74. The molecule has 0 radical (unpaired) electrons. The number of nitrogens with zero attached hydrogens (tertiary/aromatic N) is 5. The van der Waals surface area contributed by atoms with Crippen molar-refractivity contribution in [2.24, 2.45) is 0 Å². The molecule has 1 amide bonds. The van der Waals surface area contributed by atoms with Gasteiger partial charge in [-0.05, 0) is 26.2 Å². The second kappa shape index (κ2) is 7.92. The van der Waals surface area contributed by atoms with Gasteiger partial charge in [-0.1, -0.05) is 40.1 Å². The summed E-state index contributed by atoms with van der Waals surface area (Å²) in [6.07, 6.45) is 3.83. The molecule has 1 saturated carbocycles. The van der Waals surface area contributed by atoms with Crippen LogP contribution in [0.4, 0.5) is 0 Å². The average Bonchev–Trinajstić information content (AvgIpc) is 3.25. The van der Waals surface area contributed by atoms with Gasteiger partial charge in [0.25, 0.3) is 0 Å². The van der Waals surface area contributed by atoms with Crippen LogP contribution in [0.2, 0.25) is 0 Å². The van der Waals surface area contributed by atoms with E-state index in [0.29, 0.717) is 49.3 Å². The summed E-state index contributed by atoms with van der Waals surface area (Å²) >= 11 is 0. The smallest absolute Gasteiger partial charge is 0.246 e. The predicted molar refractivity (Wildman–Crippen MR) is 100 cm³/mol. The lowest BCUT2D eigenvalue weighted by molar-refractivity contribution is -0.130. The van der Waals surface area contributed by atoms with E-state index in [1.165, 1.54) is 5.56 Å². The summed E-state index contributed by atoms with van der Waals surface area (Å²) < 4.78 is 10.5. The molecule has 146 valence electrons. The van der Waals surface area contributed by atoms with E-state index < -0.39 is 0 Å². The minimum absolute atomic E-state index is 0.0180. The van der Waals surface area contributed by atoms with Crippen LogP contribution >= 0.6 is 0 Å². The van der Waals surface area contributed by atoms with Crippen molar-refractivity contribution in [3.63, 3.8) is 0 Å². The third-order valence-electron chi connectivity index (χ3n) is 4.78. The van der Waals surface area contributed by atoms with E-state index in [1.807, 2.05) is 31.2 Å². The number of benzene rings is 1. The number of aryl methyl sites for hydroxylation is 2. The van der Waals surface area contributed by atoms with Crippen molar-refractivity contribution in [2.75, 3.05) is 7.05 Å². The van der Waals surface area contributed by atoms with Crippen molar-refractivity contribution in [3.05, 3.63) is 47.4 Å². The molecule has 28 heavy (non-hydrogen) atoms. The molecule has 2 aromatic heterocycles. The van der Waals surface area contributed by atoms with Gasteiger partial charge in [0.15, 0.2) is 5.82 Å². The lowest BCUT2D eigenvalue weighted by Crippen LogP contribution is -2.26. The van der Waals surface area contributed by atoms with Gasteiger partial charge in [-0.2, -0.15) is 9.97 Å². The molecule has 0 unspecified atom stereocenters. The topological polar surface area (TPSA) is 98.2 Å². The fourth-order valence-electron chi connectivity index (χ4n) is 2.89. The molecule has 0 spiro atoms. The van der Waals surface area contributed by atoms with Crippen molar-refractivity contribution in [2.45, 2.75) is 51.5 Å². The summed E-state index contributed by atoms with van der Waals surface area (Å²) in [6, 6.07) is 7.96. The zero-order chi connectivity index (χ0) is 19.5. The van der Waals surface area contributed by atoms with Crippen LogP contribution in [0.25, 0.3) is 11.4 Å². The number of hydrogen-bond donors (Lipinski definition) is 0. The normalized spacial score (nSPS) is 13.6. The maximum Gasteiger partial charge on any atom is 0.246 e. The first kappa shape index (κ1) is 18.3. The van der Waals surface area contributed by atoms with Gasteiger partial charge in [0.05, 0.1) is 6.54 Å². The number of hydrogen-bond acceptors (Lipinski definition) is 7. The molecule has 8 nitrogen and oxygen atoms in total. The maximum absolute atomic E-state index is 12.3. The Labute approximate surface area is 162 Å². The molecule has 0 atom stereocenters. The zero-order valence-corrected chi connectivity index (χ0v) is 16.1. The molecule has 1 fully saturated rings. The molecule has 4 rings (SSSR count). The fourth-order valence-corrected chi connectivity index (χ4v) is 2.89. The molecule has 0 N–H and O–H groups in total. The van der Waals surface area contributed by atoms with Crippen LogP contribution in [0.5, 0.6) is 0 Å². The van der Waals surface area contributed by atoms with Gasteiger partial charge in [0, 0.05) is 31.4 Å². The third-order valence-corrected chi connectivity index (χ3v) is 4.78. The van der Waals surface area contributed by atoms with E-state index in [2.05, 4.69) is 20.3 Å². The quantitative estimate of drug-likeness (QED) is 0.590. The number of carbonyl (C=O) groups excluding carboxylic acids is 1. The molecule has 8 heteroatoms. The Bertz CT molecular complexity index is 943. The Morgan fingerprint density at radius 2 is 1.86 bits per heavy atom. The zero-order valence-electron chi connectivity index (χ0n) is 16.1. The van der Waals surface area contributed by atoms with Crippen molar-refractivity contribution < 1.29 is 13.8 Å². The lowest BCUT2D eigenvalue weighted by atomic mass is 10.1. The molecular formula is C20H23N5O3. The van der Waals surface area contributed by atoms with Gasteiger partial charge in [0.1, 0.15) is 0 Å². The Hall–Kier alpha value is -3.03. The summed E-state index contributed by atoms with van der Waals surface area (Å²) in [5.41, 5.74) is 2.10. The van der Waals surface area contributed by atoms with Crippen LogP contribution in [0.15, 0.2) is 33.3 Å². The summed E-state index contributed by atoms with van der Waals surface area (Å²) in [4.78, 5) is 22.7. The van der Waals surface area contributed by atoms with E-state index in [-0.39, 0.29) is 5.91 Å². The third kappa shape index (κ3) is 4.44. The summed E-state index contributed by atoms with van der Waals surface area (Å²) in [5, 5.41) is 7.99. The molecule has 0 saturated heterocycles. The van der Waals surface area contributed by atoms with Crippen LogP contribution in [0.1, 0.15) is 54.8 Å².